The number of hydrogen-bond donors (Lipinski definition) is 0. The van der Waals surface area contributed by atoms with Crippen molar-refractivity contribution < 1.29 is 23.8 Å². The second-order valence-corrected chi connectivity index (χ2v) is 5.90. The van der Waals surface area contributed by atoms with Gasteiger partial charge in [0.15, 0.2) is 11.6 Å². The summed E-state index contributed by atoms with van der Waals surface area (Å²) in [4.78, 5) is 24.1. The number of hydrogen-bond acceptors (Lipinski definition) is 5. The molecule has 0 radical (unpaired) electrons. The van der Waals surface area contributed by atoms with Crippen LogP contribution in [0.15, 0.2) is 11.1 Å². The maximum atomic E-state index is 12.2. The monoisotopic (exact) mass is 280 g/mol. The normalized spacial score (nSPS) is 32.4. The molecular weight excluding hydrogens is 260 g/mol. The molecule has 0 unspecified atom stereocenters. The van der Waals surface area contributed by atoms with E-state index in [1.54, 1.807) is 0 Å². The molecule has 0 aromatic carbocycles. The van der Waals surface area contributed by atoms with Crippen molar-refractivity contribution in [1.82, 2.24) is 0 Å². The Bertz CT molecular complexity index is 486. The lowest BCUT2D eigenvalue weighted by molar-refractivity contribution is -0.237. The molecular formula is C15H20O5. The van der Waals surface area contributed by atoms with Crippen LogP contribution in [0.25, 0.3) is 0 Å². The predicted molar refractivity (Wildman–Crippen MR) is 69.9 cm³/mol. The van der Waals surface area contributed by atoms with Gasteiger partial charge in [0.1, 0.15) is 5.57 Å². The van der Waals surface area contributed by atoms with Crippen LogP contribution >= 0.6 is 0 Å². The fourth-order valence-corrected chi connectivity index (χ4v) is 3.94. The second kappa shape index (κ2) is 4.67. The first-order valence-corrected chi connectivity index (χ1v) is 7.17. The molecule has 2 fully saturated rings. The van der Waals surface area contributed by atoms with Crippen molar-refractivity contribution in [3.8, 4) is 0 Å². The van der Waals surface area contributed by atoms with E-state index >= 15 is 0 Å². The number of Topliss-reactive ketones (excluding diaryl/α,β-unsaturated/α-hetero) is 1. The van der Waals surface area contributed by atoms with Crippen LogP contribution in [0.4, 0.5) is 0 Å². The van der Waals surface area contributed by atoms with E-state index < -0.39 is 17.2 Å². The Kier molecular flexibility index (Phi) is 3.21. The molecule has 5 heteroatoms. The predicted octanol–water partition coefficient (Wildman–Crippen LogP) is 1.75. The molecule has 0 N–H and O–H groups in total. The van der Waals surface area contributed by atoms with Crippen molar-refractivity contribution in [2.45, 2.75) is 44.8 Å². The third-order valence-corrected chi connectivity index (χ3v) is 5.02. The van der Waals surface area contributed by atoms with E-state index in [-0.39, 0.29) is 11.4 Å². The van der Waals surface area contributed by atoms with Crippen molar-refractivity contribution in [3.63, 3.8) is 0 Å². The fourth-order valence-electron chi connectivity index (χ4n) is 3.94. The highest BCUT2D eigenvalue weighted by Gasteiger charge is 2.59. The van der Waals surface area contributed by atoms with Crippen molar-refractivity contribution in [1.29, 1.82) is 0 Å². The average molecular weight is 280 g/mol. The molecule has 110 valence electrons. The van der Waals surface area contributed by atoms with E-state index in [4.69, 9.17) is 14.2 Å². The van der Waals surface area contributed by atoms with Crippen molar-refractivity contribution in [2.24, 2.45) is 5.41 Å². The molecule has 0 bridgehead atoms. The molecule has 1 saturated heterocycles. The van der Waals surface area contributed by atoms with Crippen LogP contribution in [0.2, 0.25) is 0 Å². The molecule has 1 saturated carbocycles. The first-order chi connectivity index (χ1) is 9.54. The van der Waals surface area contributed by atoms with Crippen LogP contribution in [-0.4, -0.2) is 37.9 Å². The van der Waals surface area contributed by atoms with Crippen LogP contribution < -0.4 is 0 Å². The summed E-state index contributed by atoms with van der Waals surface area (Å²) in [5.41, 5.74) is 0.701. The van der Waals surface area contributed by atoms with Gasteiger partial charge in [0.2, 0.25) is 0 Å². The Hall–Kier alpha value is -1.20. The minimum Gasteiger partial charge on any atom is -0.465 e. The van der Waals surface area contributed by atoms with Crippen LogP contribution in [0.3, 0.4) is 0 Å². The molecule has 3 rings (SSSR count). The Morgan fingerprint density at radius 3 is 2.55 bits per heavy atom. The molecule has 1 heterocycles. The van der Waals surface area contributed by atoms with Gasteiger partial charge >= 0.3 is 5.97 Å². The number of ether oxygens (including phenoxy) is 3. The smallest absolute Gasteiger partial charge is 0.341 e. The third kappa shape index (κ3) is 1.69. The van der Waals surface area contributed by atoms with E-state index in [9.17, 15) is 9.59 Å². The molecule has 20 heavy (non-hydrogen) atoms. The Morgan fingerprint density at radius 2 is 1.90 bits per heavy atom. The molecule has 1 spiro atoms. The van der Waals surface area contributed by atoms with Crippen LogP contribution in [-0.2, 0) is 23.8 Å². The standard InChI is InChI=1S/C15H20O5/c1-14-7-5-11(16)12(13(17)18-2)10(14)4-3-6-15(14)19-8-9-20-15/h3-9H2,1-2H3/t14-/m0/s1. The minimum atomic E-state index is -0.666. The van der Waals surface area contributed by atoms with E-state index in [1.807, 2.05) is 0 Å². The van der Waals surface area contributed by atoms with Gasteiger partial charge in [-0.05, 0) is 24.8 Å². The highest BCUT2D eigenvalue weighted by atomic mass is 16.7. The fraction of sp³-hybridized carbons (Fsp3) is 0.733. The summed E-state index contributed by atoms with van der Waals surface area (Å²) in [5, 5.41) is 0. The summed E-state index contributed by atoms with van der Waals surface area (Å²) in [7, 11) is 1.32. The topological polar surface area (TPSA) is 61.8 Å². The van der Waals surface area contributed by atoms with Gasteiger partial charge < -0.3 is 14.2 Å². The zero-order chi connectivity index (χ0) is 14.4. The summed E-state index contributed by atoms with van der Waals surface area (Å²) >= 11 is 0. The first-order valence-electron chi connectivity index (χ1n) is 7.17. The molecule has 5 nitrogen and oxygen atoms in total. The Labute approximate surface area is 118 Å². The van der Waals surface area contributed by atoms with Gasteiger partial charge in [0.05, 0.1) is 20.3 Å². The van der Waals surface area contributed by atoms with Crippen molar-refractivity contribution >= 4 is 11.8 Å². The third-order valence-electron chi connectivity index (χ3n) is 5.02. The number of carbonyl (C=O) groups is 2. The van der Waals surface area contributed by atoms with Crippen molar-refractivity contribution in [3.05, 3.63) is 11.1 Å². The van der Waals surface area contributed by atoms with Gasteiger partial charge in [0.25, 0.3) is 0 Å². The molecule has 3 aliphatic rings. The first kappa shape index (κ1) is 13.8. The molecule has 2 aliphatic carbocycles. The van der Waals surface area contributed by atoms with Gasteiger partial charge in [0, 0.05) is 18.3 Å². The number of methoxy groups -OCH3 is 1. The summed E-state index contributed by atoms with van der Waals surface area (Å²) in [6.07, 6.45) is 3.43. The number of esters is 1. The van der Waals surface area contributed by atoms with Crippen molar-refractivity contribution in [2.75, 3.05) is 20.3 Å². The summed E-state index contributed by atoms with van der Waals surface area (Å²) in [6, 6.07) is 0. The Morgan fingerprint density at radius 1 is 1.20 bits per heavy atom. The number of fused-ring (bicyclic) bond motifs is 2. The molecule has 1 aliphatic heterocycles. The maximum Gasteiger partial charge on any atom is 0.341 e. The van der Waals surface area contributed by atoms with Gasteiger partial charge in [-0.25, -0.2) is 4.79 Å². The number of rotatable bonds is 1. The lowest BCUT2D eigenvalue weighted by Crippen LogP contribution is -2.53. The molecule has 0 aromatic heterocycles. The van der Waals surface area contributed by atoms with E-state index in [2.05, 4.69) is 6.92 Å². The van der Waals surface area contributed by atoms with Gasteiger partial charge in [-0.2, -0.15) is 0 Å². The second-order valence-electron chi connectivity index (χ2n) is 5.90. The quantitative estimate of drug-likeness (QED) is 0.541. The minimum absolute atomic E-state index is 0.112. The number of carbonyl (C=O) groups excluding carboxylic acids is 2. The summed E-state index contributed by atoms with van der Waals surface area (Å²) < 4.78 is 16.7. The van der Waals surface area contributed by atoms with Gasteiger partial charge in [-0.1, -0.05) is 6.92 Å². The van der Waals surface area contributed by atoms with E-state index in [0.29, 0.717) is 26.1 Å². The number of ketones is 1. The highest BCUT2D eigenvalue weighted by molar-refractivity contribution is 6.18. The van der Waals surface area contributed by atoms with Gasteiger partial charge in [-0.15, -0.1) is 0 Å². The zero-order valence-corrected chi connectivity index (χ0v) is 12.0. The lowest BCUT2D eigenvalue weighted by atomic mass is 9.60. The van der Waals surface area contributed by atoms with E-state index in [1.165, 1.54) is 7.11 Å². The maximum absolute atomic E-state index is 12.2. The summed E-state index contributed by atoms with van der Waals surface area (Å²) in [5.74, 6) is -1.30. The van der Waals surface area contributed by atoms with Gasteiger partial charge in [-0.3, -0.25) is 4.79 Å². The lowest BCUT2D eigenvalue weighted by Gasteiger charge is -2.51. The molecule has 0 aromatic rings. The average Bonchev–Trinajstić information content (AvgIpc) is 2.91. The largest absolute Gasteiger partial charge is 0.465 e. The Balaban J connectivity index is 2.13. The molecule has 1 atom stereocenters. The van der Waals surface area contributed by atoms with Crippen LogP contribution in [0.5, 0.6) is 0 Å². The van der Waals surface area contributed by atoms with Crippen LogP contribution in [0, 0.1) is 5.41 Å². The van der Waals surface area contributed by atoms with Crippen LogP contribution in [0.1, 0.15) is 39.0 Å². The SMILES string of the molecule is COC(=O)C1=C2CCCC3(OCCO3)[C@@]2(C)CCC1=O. The zero-order valence-electron chi connectivity index (χ0n) is 12.0. The summed E-state index contributed by atoms with van der Waals surface area (Å²) in [6.45, 7) is 3.21. The highest BCUT2D eigenvalue weighted by Crippen LogP contribution is 2.57. The van der Waals surface area contributed by atoms with E-state index in [0.717, 1.165) is 24.8 Å². The molecule has 0 amide bonds.